The molecule has 3 aromatic carbocycles. The van der Waals surface area contributed by atoms with Crippen LogP contribution in [0.1, 0.15) is 10.4 Å². The van der Waals surface area contributed by atoms with Crippen molar-refractivity contribution in [3.05, 3.63) is 84.4 Å². The topological polar surface area (TPSA) is 89.3 Å². The highest BCUT2D eigenvalue weighted by atomic mass is 32.2. The lowest BCUT2D eigenvalue weighted by Crippen LogP contribution is -2.20. The largest absolute Gasteiger partial charge is 0.366 e. The number of benzene rings is 3. The minimum absolute atomic E-state index is 0.0480. The van der Waals surface area contributed by atoms with E-state index in [0.717, 1.165) is 9.79 Å². The van der Waals surface area contributed by atoms with Gasteiger partial charge < -0.3 is 5.73 Å². The molecular weight excluding hydrogens is 368 g/mol. The molecule has 7 heteroatoms. The van der Waals surface area contributed by atoms with Crippen LogP contribution in [-0.4, -0.2) is 14.3 Å². The van der Waals surface area contributed by atoms with Crippen molar-refractivity contribution in [1.82, 2.24) is 0 Å². The minimum atomic E-state index is -3.97. The van der Waals surface area contributed by atoms with Crippen LogP contribution < -0.4 is 10.5 Å². The first-order valence-corrected chi connectivity index (χ1v) is 10.0. The van der Waals surface area contributed by atoms with E-state index in [1.807, 2.05) is 42.5 Å². The second-order valence-electron chi connectivity index (χ2n) is 5.38. The zero-order valence-corrected chi connectivity index (χ0v) is 15.3. The number of nitrogens with one attached hydrogen (secondary N) is 1. The number of primary amides is 1. The maximum atomic E-state index is 12.8. The lowest BCUT2D eigenvalue weighted by Gasteiger charge is -2.14. The van der Waals surface area contributed by atoms with Gasteiger partial charge in [-0.25, -0.2) is 8.42 Å². The normalized spacial score (nSPS) is 11.1. The fourth-order valence-corrected chi connectivity index (χ4v) is 4.64. The first kappa shape index (κ1) is 18.0. The van der Waals surface area contributed by atoms with Crippen molar-refractivity contribution in [3.8, 4) is 0 Å². The van der Waals surface area contributed by atoms with Crippen molar-refractivity contribution in [2.75, 3.05) is 4.72 Å². The Morgan fingerprint density at radius 3 is 2.19 bits per heavy atom. The van der Waals surface area contributed by atoms with Gasteiger partial charge in [-0.3, -0.25) is 9.52 Å². The molecule has 0 atom stereocenters. The fourth-order valence-electron chi connectivity index (χ4n) is 2.36. The van der Waals surface area contributed by atoms with Gasteiger partial charge in [0.05, 0.1) is 11.3 Å². The van der Waals surface area contributed by atoms with E-state index < -0.39 is 15.9 Å². The van der Waals surface area contributed by atoms with Crippen LogP contribution >= 0.6 is 11.8 Å². The number of para-hydroxylation sites is 1. The minimum Gasteiger partial charge on any atom is -0.366 e. The Morgan fingerprint density at radius 1 is 0.846 bits per heavy atom. The quantitative estimate of drug-likeness (QED) is 0.677. The smallest absolute Gasteiger partial charge is 0.262 e. The third kappa shape index (κ3) is 4.07. The standard InChI is InChI=1S/C19H16N2O3S2/c20-19(22)15-10-4-7-13-18(15)26(23,24)21-16-11-5-6-12-17(16)25-14-8-2-1-3-9-14/h1-13,21H,(H2,20,22). The Kier molecular flexibility index (Phi) is 5.29. The number of anilines is 1. The Balaban J connectivity index is 1.95. The second kappa shape index (κ2) is 7.63. The number of hydrogen-bond donors (Lipinski definition) is 2. The van der Waals surface area contributed by atoms with E-state index in [4.69, 9.17) is 5.73 Å². The predicted molar refractivity (Wildman–Crippen MR) is 103 cm³/mol. The van der Waals surface area contributed by atoms with Gasteiger partial charge in [-0.1, -0.05) is 54.2 Å². The molecule has 0 heterocycles. The third-order valence-electron chi connectivity index (χ3n) is 3.54. The summed E-state index contributed by atoms with van der Waals surface area (Å²) in [5, 5.41) is 0. The van der Waals surface area contributed by atoms with Gasteiger partial charge in [0, 0.05) is 9.79 Å². The molecule has 0 radical (unpaired) electrons. The predicted octanol–water partition coefficient (Wildman–Crippen LogP) is 3.74. The fraction of sp³-hybridized carbons (Fsp3) is 0. The number of carbonyl (C=O) groups excluding carboxylic acids is 1. The van der Waals surface area contributed by atoms with Crippen molar-refractivity contribution >= 4 is 33.4 Å². The van der Waals surface area contributed by atoms with E-state index in [0.29, 0.717) is 5.69 Å². The Labute approximate surface area is 156 Å². The molecule has 26 heavy (non-hydrogen) atoms. The van der Waals surface area contributed by atoms with Crippen molar-refractivity contribution in [2.45, 2.75) is 14.7 Å². The van der Waals surface area contributed by atoms with Crippen LogP contribution in [0.25, 0.3) is 0 Å². The highest BCUT2D eigenvalue weighted by Crippen LogP contribution is 2.34. The van der Waals surface area contributed by atoms with Crippen molar-refractivity contribution < 1.29 is 13.2 Å². The lowest BCUT2D eigenvalue weighted by atomic mass is 10.2. The molecule has 0 aliphatic carbocycles. The molecule has 3 N–H and O–H groups in total. The van der Waals surface area contributed by atoms with E-state index in [1.54, 1.807) is 24.3 Å². The third-order valence-corrected chi connectivity index (χ3v) is 6.05. The zero-order valence-electron chi connectivity index (χ0n) is 13.6. The molecule has 0 unspecified atom stereocenters. The molecule has 0 saturated heterocycles. The van der Waals surface area contributed by atoms with Crippen LogP contribution in [0.15, 0.2) is 93.5 Å². The van der Waals surface area contributed by atoms with Gasteiger partial charge in [0.15, 0.2) is 0 Å². The SMILES string of the molecule is NC(=O)c1ccccc1S(=O)(=O)Nc1ccccc1Sc1ccccc1. The molecule has 0 bridgehead atoms. The summed E-state index contributed by atoms with van der Waals surface area (Å²) in [5.41, 5.74) is 5.68. The second-order valence-corrected chi connectivity index (χ2v) is 8.14. The van der Waals surface area contributed by atoms with E-state index in [1.165, 1.54) is 23.9 Å². The van der Waals surface area contributed by atoms with Crippen molar-refractivity contribution in [2.24, 2.45) is 5.73 Å². The van der Waals surface area contributed by atoms with Gasteiger partial charge in [-0.05, 0) is 36.4 Å². The summed E-state index contributed by atoms with van der Waals surface area (Å²) in [6.07, 6.45) is 0. The summed E-state index contributed by atoms with van der Waals surface area (Å²) >= 11 is 1.44. The van der Waals surface area contributed by atoms with Crippen LogP contribution in [0, 0.1) is 0 Å². The van der Waals surface area contributed by atoms with Gasteiger partial charge in [0.2, 0.25) is 5.91 Å². The molecular formula is C19H16N2O3S2. The highest BCUT2D eigenvalue weighted by Gasteiger charge is 2.22. The van der Waals surface area contributed by atoms with Crippen molar-refractivity contribution in [3.63, 3.8) is 0 Å². The molecule has 0 aliphatic rings. The monoisotopic (exact) mass is 384 g/mol. The van der Waals surface area contributed by atoms with Crippen LogP contribution in [0.2, 0.25) is 0 Å². The van der Waals surface area contributed by atoms with Crippen molar-refractivity contribution in [1.29, 1.82) is 0 Å². The molecule has 132 valence electrons. The van der Waals surface area contributed by atoms with E-state index in [2.05, 4.69) is 4.72 Å². The summed E-state index contributed by atoms with van der Waals surface area (Å²) in [6.45, 7) is 0. The summed E-state index contributed by atoms with van der Waals surface area (Å²) in [7, 11) is -3.97. The van der Waals surface area contributed by atoms with E-state index in [9.17, 15) is 13.2 Å². The van der Waals surface area contributed by atoms with Gasteiger partial charge in [-0.2, -0.15) is 0 Å². The molecule has 5 nitrogen and oxygen atoms in total. The van der Waals surface area contributed by atoms with Crippen LogP contribution in [0.4, 0.5) is 5.69 Å². The molecule has 0 saturated carbocycles. The molecule has 3 aromatic rings. The lowest BCUT2D eigenvalue weighted by molar-refractivity contribution is 0.0997. The number of sulfonamides is 1. The van der Waals surface area contributed by atoms with Gasteiger partial charge in [0.25, 0.3) is 10.0 Å². The molecule has 3 rings (SSSR count). The first-order valence-electron chi connectivity index (χ1n) is 7.71. The Bertz CT molecular complexity index is 1040. The molecule has 0 fully saturated rings. The maximum Gasteiger partial charge on any atom is 0.262 e. The number of hydrogen-bond acceptors (Lipinski definition) is 4. The number of amides is 1. The first-order chi connectivity index (χ1) is 12.5. The molecule has 0 spiro atoms. The summed E-state index contributed by atoms with van der Waals surface area (Å²) in [5.74, 6) is -0.794. The number of carbonyl (C=O) groups is 1. The highest BCUT2D eigenvalue weighted by molar-refractivity contribution is 7.99. The van der Waals surface area contributed by atoms with Crippen LogP contribution in [0.3, 0.4) is 0 Å². The van der Waals surface area contributed by atoms with Crippen LogP contribution in [-0.2, 0) is 10.0 Å². The molecule has 0 aromatic heterocycles. The van der Waals surface area contributed by atoms with E-state index >= 15 is 0 Å². The average molecular weight is 384 g/mol. The Morgan fingerprint density at radius 2 is 1.46 bits per heavy atom. The van der Waals surface area contributed by atoms with Gasteiger partial charge >= 0.3 is 0 Å². The zero-order chi connectivity index (χ0) is 18.6. The van der Waals surface area contributed by atoms with Gasteiger partial charge in [-0.15, -0.1) is 0 Å². The summed E-state index contributed by atoms with van der Waals surface area (Å²) in [4.78, 5) is 13.1. The van der Waals surface area contributed by atoms with Gasteiger partial charge in [0.1, 0.15) is 4.90 Å². The van der Waals surface area contributed by atoms with E-state index in [-0.39, 0.29) is 10.5 Å². The molecule has 0 aliphatic heterocycles. The number of rotatable bonds is 6. The molecule has 1 amide bonds. The Hall–Kier alpha value is -2.77. The van der Waals surface area contributed by atoms with Crippen LogP contribution in [0.5, 0.6) is 0 Å². The number of nitrogens with two attached hydrogens (primary N) is 1. The summed E-state index contributed by atoms with van der Waals surface area (Å²) < 4.78 is 28.2. The average Bonchev–Trinajstić information content (AvgIpc) is 2.64. The summed E-state index contributed by atoms with van der Waals surface area (Å²) in [6, 6.07) is 22.6. The maximum absolute atomic E-state index is 12.8.